The van der Waals surface area contributed by atoms with E-state index in [1.807, 2.05) is 46.1 Å². The smallest absolute Gasteiger partial charge is 0.191 e. The van der Waals surface area contributed by atoms with E-state index in [9.17, 15) is 4.39 Å². The van der Waals surface area contributed by atoms with Crippen molar-refractivity contribution < 1.29 is 9.13 Å². The minimum absolute atomic E-state index is 0. The Morgan fingerprint density at radius 2 is 2.06 bits per heavy atom. The molecule has 0 bridgehead atoms. The van der Waals surface area contributed by atoms with Gasteiger partial charge in [-0.15, -0.1) is 24.0 Å². The SMILES string of the molecule is CN=C(NCc1ccn(-c2ccc(OC)cc2)n1)NC1CCN(c2ncccc2F)C1.I. The number of aromatic nitrogens is 3. The maximum atomic E-state index is 14.0. The molecule has 32 heavy (non-hydrogen) atoms. The van der Waals surface area contributed by atoms with Crippen molar-refractivity contribution in [3.05, 3.63) is 66.4 Å². The monoisotopic (exact) mass is 551 g/mol. The van der Waals surface area contributed by atoms with E-state index in [-0.39, 0.29) is 35.8 Å². The van der Waals surface area contributed by atoms with Crippen LogP contribution in [0.15, 0.2) is 59.9 Å². The molecule has 1 unspecified atom stereocenters. The van der Waals surface area contributed by atoms with E-state index < -0.39 is 0 Å². The fourth-order valence-corrected chi connectivity index (χ4v) is 3.58. The highest BCUT2D eigenvalue weighted by Gasteiger charge is 2.25. The number of anilines is 1. The van der Waals surface area contributed by atoms with Gasteiger partial charge >= 0.3 is 0 Å². The number of nitrogens with zero attached hydrogens (tertiary/aromatic N) is 5. The highest BCUT2D eigenvalue weighted by Crippen LogP contribution is 2.20. The molecule has 0 saturated carbocycles. The molecule has 1 atom stereocenters. The molecule has 1 aliphatic rings. The summed E-state index contributed by atoms with van der Waals surface area (Å²) in [6.07, 6.45) is 4.42. The van der Waals surface area contributed by atoms with Crippen molar-refractivity contribution >= 4 is 35.8 Å². The summed E-state index contributed by atoms with van der Waals surface area (Å²) >= 11 is 0. The Morgan fingerprint density at radius 3 is 2.78 bits per heavy atom. The fourth-order valence-electron chi connectivity index (χ4n) is 3.58. The van der Waals surface area contributed by atoms with E-state index >= 15 is 0 Å². The summed E-state index contributed by atoms with van der Waals surface area (Å²) in [7, 11) is 3.38. The molecule has 8 nitrogen and oxygen atoms in total. The molecule has 1 saturated heterocycles. The second-order valence-corrected chi connectivity index (χ2v) is 7.26. The van der Waals surface area contributed by atoms with Gasteiger partial charge in [0.05, 0.1) is 25.0 Å². The van der Waals surface area contributed by atoms with Crippen LogP contribution in [0.3, 0.4) is 0 Å². The van der Waals surface area contributed by atoms with E-state index in [1.165, 1.54) is 6.07 Å². The zero-order valence-corrected chi connectivity index (χ0v) is 20.4. The van der Waals surface area contributed by atoms with E-state index in [0.717, 1.165) is 30.1 Å². The summed E-state index contributed by atoms with van der Waals surface area (Å²) in [5.41, 5.74) is 1.85. The largest absolute Gasteiger partial charge is 0.497 e. The quantitative estimate of drug-likeness (QED) is 0.279. The Labute approximate surface area is 203 Å². The standard InChI is InChI=1S/C22H26FN7O.HI/c1-24-22(27-17-9-12-29(15-17)21-20(23)4-3-11-25-21)26-14-16-10-13-30(28-16)18-5-7-19(31-2)8-6-18;/h3-8,10-11,13,17H,9,12,14-15H2,1-2H3,(H2,24,26,27);1H. The van der Waals surface area contributed by atoms with Crippen LogP contribution in [0.1, 0.15) is 12.1 Å². The second-order valence-electron chi connectivity index (χ2n) is 7.26. The Bertz CT molecular complexity index is 1040. The molecule has 2 aromatic heterocycles. The fraction of sp³-hybridized carbons (Fsp3) is 0.318. The lowest BCUT2D eigenvalue weighted by atomic mass is 10.3. The average molecular weight is 551 g/mol. The summed E-state index contributed by atoms with van der Waals surface area (Å²) in [6.45, 7) is 1.95. The van der Waals surface area contributed by atoms with Crippen LogP contribution in [0, 0.1) is 5.82 Å². The molecule has 2 N–H and O–H groups in total. The first-order valence-corrected chi connectivity index (χ1v) is 10.2. The van der Waals surface area contributed by atoms with Crippen molar-refractivity contribution in [1.29, 1.82) is 0 Å². The molecule has 1 aromatic carbocycles. The minimum atomic E-state index is -0.293. The predicted molar refractivity (Wildman–Crippen MR) is 134 cm³/mol. The highest BCUT2D eigenvalue weighted by atomic mass is 127. The van der Waals surface area contributed by atoms with Gasteiger partial charge in [0.2, 0.25) is 0 Å². The Hall–Kier alpha value is -2.89. The molecule has 0 aliphatic carbocycles. The molecule has 0 radical (unpaired) electrons. The normalized spacial score (nSPS) is 15.9. The molecular weight excluding hydrogens is 524 g/mol. The summed E-state index contributed by atoms with van der Waals surface area (Å²) < 4.78 is 21.0. The average Bonchev–Trinajstić information content (AvgIpc) is 3.47. The third kappa shape index (κ3) is 5.67. The Morgan fingerprint density at radius 1 is 1.25 bits per heavy atom. The predicted octanol–water partition coefficient (Wildman–Crippen LogP) is 2.98. The number of guanidine groups is 1. The lowest BCUT2D eigenvalue weighted by Gasteiger charge is -2.19. The number of aliphatic imine (C=N–C) groups is 1. The Balaban J connectivity index is 0.00000289. The van der Waals surface area contributed by atoms with E-state index in [4.69, 9.17) is 4.74 Å². The van der Waals surface area contributed by atoms with Crippen molar-refractivity contribution in [3.63, 3.8) is 0 Å². The number of ether oxygens (including phenoxy) is 1. The van der Waals surface area contributed by atoms with E-state index in [1.54, 1.807) is 26.4 Å². The van der Waals surface area contributed by atoms with Gasteiger partial charge in [0.15, 0.2) is 17.6 Å². The third-order valence-corrected chi connectivity index (χ3v) is 5.21. The van der Waals surface area contributed by atoms with Crippen molar-refractivity contribution in [2.24, 2.45) is 4.99 Å². The van der Waals surface area contributed by atoms with Gasteiger partial charge < -0.3 is 20.3 Å². The molecule has 1 aliphatic heterocycles. The van der Waals surface area contributed by atoms with Gasteiger partial charge in [-0.25, -0.2) is 14.1 Å². The number of methoxy groups -OCH3 is 1. The van der Waals surface area contributed by atoms with Gasteiger partial charge in [-0.1, -0.05) is 0 Å². The molecule has 0 spiro atoms. The molecule has 4 rings (SSSR count). The maximum Gasteiger partial charge on any atom is 0.191 e. The molecule has 1 fully saturated rings. The lowest BCUT2D eigenvalue weighted by molar-refractivity contribution is 0.414. The zero-order valence-electron chi connectivity index (χ0n) is 18.0. The first kappa shape index (κ1) is 23.8. The number of halogens is 2. The third-order valence-electron chi connectivity index (χ3n) is 5.21. The van der Waals surface area contributed by atoms with Crippen LogP contribution in [0.4, 0.5) is 10.2 Å². The summed E-state index contributed by atoms with van der Waals surface area (Å²) in [5, 5.41) is 11.3. The Kier molecular flexibility index (Phi) is 8.26. The number of hydrogen-bond acceptors (Lipinski definition) is 5. The summed E-state index contributed by atoms with van der Waals surface area (Å²) in [5.74, 6) is 1.60. The summed E-state index contributed by atoms with van der Waals surface area (Å²) in [4.78, 5) is 10.4. The lowest BCUT2D eigenvalue weighted by Crippen LogP contribution is -2.44. The molecule has 10 heteroatoms. The van der Waals surface area contributed by atoms with Crippen LogP contribution in [-0.4, -0.2) is 54.0 Å². The highest BCUT2D eigenvalue weighted by molar-refractivity contribution is 14.0. The molecule has 0 amide bonds. The topological polar surface area (TPSA) is 79.6 Å². The zero-order chi connectivity index (χ0) is 21.6. The summed E-state index contributed by atoms with van der Waals surface area (Å²) in [6, 6.07) is 12.9. The molecular formula is C22H27FIN7O. The maximum absolute atomic E-state index is 14.0. The van der Waals surface area contributed by atoms with Crippen LogP contribution >= 0.6 is 24.0 Å². The first-order chi connectivity index (χ1) is 15.2. The van der Waals surface area contributed by atoms with Gasteiger partial charge in [-0.3, -0.25) is 4.99 Å². The number of benzene rings is 1. The van der Waals surface area contributed by atoms with Crippen LogP contribution in [0.25, 0.3) is 5.69 Å². The van der Waals surface area contributed by atoms with Crippen molar-refractivity contribution in [2.45, 2.75) is 19.0 Å². The van der Waals surface area contributed by atoms with Gasteiger partial charge in [-0.05, 0) is 48.9 Å². The van der Waals surface area contributed by atoms with Crippen molar-refractivity contribution in [1.82, 2.24) is 25.4 Å². The van der Waals surface area contributed by atoms with Crippen LogP contribution < -0.4 is 20.3 Å². The van der Waals surface area contributed by atoms with E-state index in [2.05, 4.69) is 25.7 Å². The molecule has 3 aromatic rings. The van der Waals surface area contributed by atoms with Gasteiger partial charge in [-0.2, -0.15) is 5.10 Å². The molecule has 170 valence electrons. The second kappa shape index (κ2) is 11.1. The molecule has 3 heterocycles. The van der Waals surface area contributed by atoms with Gasteiger partial charge in [0, 0.05) is 38.6 Å². The van der Waals surface area contributed by atoms with Crippen LogP contribution in [-0.2, 0) is 6.54 Å². The van der Waals surface area contributed by atoms with E-state index in [0.29, 0.717) is 24.9 Å². The number of pyridine rings is 1. The van der Waals surface area contributed by atoms with Gasteiger partial charge in [0.1, 0.15) is 5.75 Å². The van der Waals surface area contributed by atoms with Crippen molar-refractivity contribution in [2.75, 3.05) is 32.1 Å². The van der Waals surface area contributed by atoms with Crippen LogP contribution in [0.5, 0.6) is 5.75 Å². The number of hydrogen-bond donors (Lipinski definition) is 2. The number of rotatable bonds is 6. The first-order valence-electron chi connectivity index (χ1n) is 10.2. The van der Waals surface area contributed by atoms with Crippen molar-refractivity contribution in [3.8, 4) is 11.4 Å². The number of nitrogens with one attached hydrogen (secondary N) is 2. The van der Waals surface area contributed by atoms with Gasteiger partial charge in [0.25, 0.3) is 0 Å². The minimum Gasteiger partial charge on any atom is -0.497 e. The van der Waals surface area contributed by atoms with Crippen LogP contribution in [0.2, 0.25) is 0 Å².